The maximum atomic E-state index is 11.3. The molecule has 0 N–H and O–H groups in total. The van der Waals surface area contributed by atoms with Crippen LogP contribution in [0.2, 0.25) is 6.04 Å². The quantitative estimate of drug-likeness (QED) is 0.296. The third-order valence-electron chi connectivity index (χ3n) is 4.13. The Bertz CT molecular complexity index is 629. The Morgan fingerprint density at radius 1 is 1.04 bits per heavy atom. The van der Waals surface area contributed by atoms with E-state index in [1.165, 1.54) is 6.08 Å². The molecule has 0 aliphatic heterocycles. The fourth-order valence-electron chi connectivity index (χ4n) is 2.68. The lowest BCUT2D eigenvalue weighted by Crippen LogP contribution is -2.29. The van der Waals surface area contributed by atoms with Gasteiger partial charge < -0.3 is 9.16 Å². The molecule has 2 rings (SSSR count). The van der Waals surface area contributed by atoms with Crippen molar-refractivity contribution < 1.29 is 14.0 Å². The molecule has 0 amide bonds. The Balaban J connectivity index is 1.93. The van der Waals surface area contributed by atoms with E-state index in [1.54, 1.807) is 13.0 Å². The smallest absolute Gasteiger partial charge is 0.330 e. The molecule has 0 aromatic heterocycles. The minimum Gasteiger partial charge on any atom is -0.463 e. The summed E-state index contributed by atoms with van der Waals surface area (Å²) in [7, 11) is -0.746. The highest BCUT2D eigenvalue weighted by Gasteiger charge is 2.28. The van der Waals surface area contributed by atoms with E-state index in [-0.39, 0.29) is 5.97 Å². The van der Waals surface area contributed by atoms with Crippen molar-refractivity contribution in [3.8, 4) is 0 Å². The highest BCUT2D eigenvalue weighted by molar-refractivity contribution is 6.27. The number of benzene rings is 2. The minimum atomic E-state index is -0.746. The molecule has 0 fully saturated rings. The van der Waals surface area contributed by atoms with Crippen LogP contribution in [0, 0.1) is 0 Å². The molecule has 2 aromatic rings. The van der Waals surface area contributed by atoms with Crippen LogP contribution in [0.3, 0.4) is 0 Å². The van der Waals surface area contributed by atoms with Gasteiger partial charge in [-0.1, -0.05) is 66.7 Å². The predicted molar refractivity (Wildman–Crippen MR) is 104 cm³/mol. The van der Waals surface area contributed by atoms with Crippen LogP contribution in [0.25, 0.3) is 0 Å². The highest BCUT2D eigenvalue weighted by Crippen LogP contribution is 2.32. The van der Waals surface area contributed by atoms with Gasteiger partial charge >= 0.3 is 5.97 Å². The lowest BCUT2D eigenvalue weighted by atomic mass is 9.88. The monoisotopic (exact) mass is 354 g/mol. The molecule has 132 valence electrons. The summed E-state index contributed by atoms with van der Waals surface area (Å²) in [5, 5.41) is 0. The molecular weight excluding hydrogens is 328 g/mol. The van der Waals surface area contributed by atoms with Gasteiger partial charge in [-0.05, 0) is 37.4 Å². The summed E-state index contributed by atoms with van der Waals surface area (Å²) in [6.45, 7) is 4.39. The van der Waals surface area contributed by atoms with E-state index in [2.05, 4.69) is 31.2 Å². The molecule has 0 radical (unpaired) electrons. The Hall–Kier alpha value is -2.17. The van der Waals surface area contributed by atoms with Gasteiger partial charge in [0.2, 0.25) is 0 Å². The average Bonchev–Trinajstić information content (AvgIpc) is 2.66. The van der Waals surface area contributed by atoms with Crippen molar-refractivity contribution in [1.82, 2.24) is 0 Å². The van der Waals surface area contributed by atoms with Gasteiger partial charge in [0.1, 0.15) is 5.60 Å². The molecule has 0 saturated heterocycles. The van der Waals surface area contributed by atoms with Crippen molar-refractivity contribution in [2.45, 2.75) is 31.9 Å². The van der Waals surface area contributed by atoms with Crippen molar-refractivity contribution in [1.29, 1.82) is 0 Å². The fraction of sp³-hybridized carbons (Fsp3) is 0.286. The normalized spacial score (nSPS) is 12.1. The summed E-state index contributed by atoms with van der Waals surface area (Å²) in [5.41, 5.74) is 1.89. The van der Waals surface area contributed by atoms with Crippen molar-refractivity contribution >= 4 is 15.7 Å². The molecule has 0 aliphatic carbocycles. The lowest BCUT2D eigenvalue weighted by molar-refractivity contribution is -0.137. The maximum absolute atomic E-state index is 11.3. The zero-order valence-corrected chi connectivity index (χ0v) is 16.4. The molecular formula is C21H26O3Si. The van der Waals surface area contributed by atoms with Crippen LogP contribution in [-0.2, 0) is 19.6 Å². The van der Waals surface area contributed by atoms with Gasteiger partial charge in [0.15, 0.2) is 9.76 Å². The van der Waals surface area contributed by atoms with Crippen molar-refractivity contribution in [3.05, 3.63) is 83.9 Å². The van der Waals surface area contributed by atoms with Gasteiger partial charge in [-0.15, -0.1) is 0 Å². The standard InChI is InChI=1S/C21H26O3Si/c1-3-11-20(22)23-16-10-17-25-24-21(2,18-12-6-4-7-13-18)19-14-8-5-9-15-19/h3-9,11-15H,10,16-17,25H2,1-2H3. The molecule has 25 heavy (non-hydrogen) atoms. The number of hydrogen-bond donors (Lipinski definition) is 0. The second kappa shape index (κ2) is 9.96. The van der Waals surface area contributed by atoms with E-state index in [9.17, 15) is 4.79 Å². The molecule has 0 spiro atoms. The van der Waals surface area contributed by atoms with Gasteiger partial charge in [0.05, 0.1) is 6.61 Å². The number of carbonyl (C=O) groups is 1. The summed E-state index contributed by atoms with van der Waals surface area (Å²) in [6.07, 6.45) is 3.97. The van der Waals surface area contributed by atoms with Gasteiger partial charge in [0, 0.05) is 6.08 Å². The summed E-state index contributed by atoms with van der Waals surface area (Å²) in [6, 6.07) is 21.6. The summed E-state index contributed by atoms with van der Waals surface area (Å²) < 4.78 is 11.6. The zero-order chi connectivity index (χ0) is 18.0. The van der Waals surface area contributed by atoms with Crippen LogP contribution < -0.4 is 0 Å². The average molecular weight is 355 g/mol. The van der Waals surface area contributed by atoms with Gasteiger partial charge in [-0.25, -0.2) is 4.79 Å². The minimum absolute atomic E-state index is 0.275. The van der Waals surface area contributed by atoms with E-state index in [4.69, 9.17) is 9.16 Å². The number of allylic oxidation sites excluding steroid dienone is 1. The Morgan fingerprint density at radius 3 is 2.12 bits per heavy atom. The first kappa shape index (κ1) is 19.2. The molecule has 3 nitrogen and oxygen atoms in total. The molecule has 0 aliphatic rings. The van der Waals surface area contributed by atoms with Crippen molar-refractivity contribution in [2.24, 2.45) is 0 Å². The predicted octanol–water partition coefficient (Wildman–Crippen LogP) is 3.98. The van der Waals surface area contributed by atoms with Crippen molar-refractivity contribution in [2.75, 3.05) is 6.61 Å². The van der Waals surface area contributed by atoms with Crippen LogP contribution in [0.5, 0.6) is 0 Å². The topological polar surface area (TPSA) is 35.5 Å². The second-order valence-corrected chi connectivity index (χ2v) is 7.39. The Labute approximate surface area is 152 Å². The fourth-order valence-corrected chi connectivity index (χ4v) is 3.98. The first-order valence-corrected chi connectivity index (χ1v) is 10.3. The first-order chi connectivity index (χ1) is 12.2. The number of hydrogen-bond acceptors (Lipinski definition) is 3. The van der Waals surface area contributed by atoms with E-state index in [0.717, 1.165) is 23.6 Å². The number of rotatable bonds is 9. The largest absolute Gasteiger partial charge is 0.463 e. The third kappa shape index (κ3) is 5.69. The first-order valence-electron chi connectivity index (χ1n) is 8.71. The maximum Gasteiger partial charge on any atom is 0.330 e. The number of esters is 1. The molecule has 4 heteroatoms. The van der Waals surface area contributed by atoms with Crippen LogP contribution >= 0.6 is 0 Å². The van der Waals surface area contributed by atoms with Gasteiger partial charge in [0.25, 0.3) is 0 Å². The zero-order valence-electron chi connectivity index (χ0n) is 15.0. The summed E-state index contributed by atoms with van der Waals surface area (Å²) in [5.74, 6) is -0.275. The van der Waals surface area contributed by atoms with Gasteiger partial charge in [-0.2, -0.15) is 0 Å². The Kier molecular flexibility index (Phi) is 7.63. The van der Waals surface area contributed by atoms with E-state index in [0.29, 0.717) is 6.61 Å². The number of ether oxygens (including phenoxy) is 1. The lowest BCUT2D eigenvalue weighted by Gasteiger charge is -2.32. The van der Waals surface area contributed by atoms with Crippen LogP contribution in [0.1, 0.15) is 31.4 Å². The summed E-state index contributed by atoms with van der Waals surface area (Å²) in [4.78, 5) is 11.3. The Morgan fingerprint density at radius 2 is 1.60 bits per heavy atom. The second-order valence-electron chi connectivity index (χ2n) is 5.99. The summed E-state index contributed by atoms with van der Waals surface area (Å²) >= 11 is 0. The van der Waals surface area contributed by atoms with E-state index in [1.807, 2.05) is 36.4 Å². The molecule has 0 bridgehead atoms. The SMILES string of the molecule is CC=CC(=O)OCCC[SiH2]OC(C)(c1ccccc1)c1ccccc1. The number of carbonyl (C=O) groups excluding carboxylic acids is 1. The highest BCUT2D eigenvalue weighted by atomic mass is 28.2. The van der Waals surface area contributed by atoms with E-state index >= 15 is 0 Å². The van der Waals surface area contributed by atoms with E-state index < -0.39 is 15.4 Å². The van der Waals surface area contributed by atoms with Crippen LogP contribution in [0.4, 0.5) is 0 Å². The molecule has 0 unspecified atom stereocenters. The van der Waals surface area contributed by atoms with Crippen LogP contribution in [0.15, 0.2) is 72.8 Å². The molecule has 0 heterocycles. The van der Waals surface area contributed by atoms with Crippen LogP contribution in [-0.4, -0.2) is 22.3 Å². The molecule has 0 saturated carbocycles. The van der Waals surface area contributed by atoms with Crippen molar-refractivity contribution in [3.63, 3.8) is 0 Å². The van der Waals surface area contributed by atoms with Gasteiger partial charge in [-0.3, -0.25) is 0 Å². The third-order valence-corrected chi connectivity index (χ3v) is 5.70. The molecule has 2 aromatic carbocycles. The molecule has 0 atom stereocenters.